The van der Waals surface area contributed by atoms with E-state index in [-0.39, 0.29) is 0 Å². The first-order valence-electron chi connectivity index (χ1n) is 6.01. The van der Waals surface area contributed by atoms with Crippen molar-refractivity contribution in [2.24, 2.45) is 5.92 Å². The highest BCUT2D eigenvalue weighted by molar-refractivity contribution is 6.21. The van der Waals surface area contributed by atoms with Crippen LogP contribution in [0.3, 0.4) is 0 Å². The normalized spacial score (nSPS) is 24.7. The van der Waals surface area contributed by atoms with Crippen LogP contribution in [0, 0.1) is 5.92 Å². The predicted molar refractivity (Wildman–Crippen MR) is 64.1 cm³/mol. The maximum atomic E-state index is 11.7. The minimum absolute atomic E-state index is 0.293. The van der Waals surface area contributed by atoms with E-state index in [2.05, 4.69) is 6.92 Å². The van der Waals surface area contributed by atoms with E-state index in [1.165, 1.54) is 6.42 Å². The second-order valence-electron chi connectivity index (χ2n) is 4.67. The number of nitrogens with zero attached hydrogens (tertiary/aromatic N) is 1. The number of carbonyl (C=O) groups excluding carboxylic acids is 1. The molecule has 0 N–H and O–H groups in total. The summed E-state index contributed by atoms with van der Waals surface area (Å²) >= 11 is 5.91. The van der Waals surface area contributed by atoms with Crippen molar-refractivity contribution in [1.29, 1.82) is 0 Å². The molecule has 0 aromatic rings. The van der Waals surface area contributed by atoms with Gasteiger partial charge in [0.05, 0.1) is 0 Å². The monoisotopic (exact) mass is 231 g/mol. The first-order chi connectivity index (χ1) is 7.13. The van der Waals surface area contributed by atoms with E-state index in [1.54, 1.807) is 0 Å². The predicted octanol–water partition coefficient (Wildman–Crippen LogP) is 3.04. The molecule has 0 radical (unpaired) electrons. The van der Waals surface area contributed by atoms with Gasteiger partial charge in [-0.2, -0.15) is 0 Å². The van der Waals surface area contributed by atoms with Crippen LogP contribution in [0.15, 0.2) is 0 Å². The molecule has 0 saturated heterocycles. The van der Waals surface area contributed by atoms with Gasteiger partial charge in [-0.1, -0.05) is 19.8 Å². The van der Waals surface area contributed by atoms with E-state index in [4.69, 9.17) is 11.6 Å². The molecule has 2 nitrogen and oxygen atoms in total. The van der Waals surface area contributed by atoms with Gasteiger partial charge >= 0.3 is 0 Å². The second kappa shape index (κ2) is 6.37. The zero-order valence-corrected chi connectivity index (χ0v) is 10.6. The summed E-state index contributed by atoms with van der Waals surface area (Å²) in [5.74, 6) is 0.939. The highest BCUT2D eigenvalue weighted by Crippen LogP contribution is 2.32. The summed E-state index contributed by atoms with van der Waals surface area (Å²) in [5.41, 5.74) is 0. The molecule has 0 atom stereocenters. The minimum atomic E-state index is 0.293. The molecule has 1 amide bonds. The molecule has 1 aliphatic carbocycles. The minimum Gasteiger partial charge on any atom is -0.345 e. The molecule has 0 unspecified atom stereocenters. The Morgan fingerprint density at radius 2 is 2.07 bits per heavy atom. The zero-order chi connectivity index (χ0) is 11.3. The van der Waals surface area contributed by atoms with Crippen LogP contribution >= 0.6 is 11.6 Å². The molecule has 0 spiro atoms. The Kier molecular flexibility index (Phi) is 5.44. The second-order valence-corrected chi connectivity index (χ2v) is 5.28. The van der Waals surface area contributed by atoms with Gasteiger partial charge in [0.1, 0.15) is 0 Å². The Bertz CT molecular complexity index is 202. The number of halogens is 1. The smallest absolute Gasteiger partial charge is 0.222 e. The first-order valence-corrected chi connectivity index (χ1v) is 6.45. The van der Waals surface area contributed by atoms with Gasteiger partial charge in [0, 0.05) is 25.4 Å². The Morgan fingerprint density at radius 3 is 2.60 bits per heavy atom. The van der Waals surface area contributed by atoms with E-state index in [1.807, 2.05) is 11.9 Å². The summed E-state index contributed by atoms with van der Waals surface area (Å²) in [6.45, 7) is 3.05. The van der Waals surface area contributed by atoms with Gasteiger partial charge in [0.2, 0.25) is 5.91 Å². The Labute approximate surface area is 98.0 Å². The molecule has 3 heteroatoms. The van der Waals surface area contributed by atoms with Crippen LogP contribution in [-0.2, 0) is 4.79 Å². The standard InChI is InChI=1S/C12H22ClNO/c1-3-4-5-6-12(15)14(2)9-10-7-11(13)8-10/h10-11H,3-9H2,1-2H3. The lowest BCUT2D eigenvalue weighted by molar-refractivity contribution is -0.130. The number of alkyl halides is 1. The van der Waals surface area contributed by atoms with E-state index in [0.717, 1.165) is 32.2 Å². The van der Waals surface area contributed by atoms with Gasteiger partial charge in [-0.05, 0) is 25.2 Å². The number of carbonyl (C=O) groups is 1. The molecule has 0 aromatic carbocycles. The van der Waals surface area contributed by atoms with Crippen molar-refractivity contribution in [3.05, 3.63) is 0 Å². The van der Waals surface area contributed by atoms with Gasteiger partial charge in [-0.25, -0.2) is 0 Å². The Hall–Kier alpha value is -0.240. The summed E-state index contributed by atoms with van der Waals surface area (Å²) in [4.78, 5) is 13.5. The molecular formula is C12H22ClNO. The molecule has 0 aliphatic heterocycles. The molecule has 1 aliphatic rings. The summed E-state index contributed by atoms with van der Waals surface area (Å²) < 4.78 is 0. The summed E-state index contributed by atoms with van der Waals surface area (Å²) in [7, 11) is 1.91. The average molecular weight is 232 g/mol. The third-order valence-corrected chi connectivity index (χ3v) is 3.49. The highest BCUT2D eigenvalue weighted by atomic mass is 35.5. The molecule has 1 rings (SSSR count). The van der Waals surface area contributed by atoms with Gasteiger partial charge in [-0.15, -0.1) is 11.6 Å². The Morgan fingerprint density at radius 1 is 1.40 bits per heavy atom. The molecule has 1 fully saturated rings. The maximum Gasteiger partial charge on any atom is 0.222 e. The average Bonchev–Trinajstić information content (AvgIpc) is 2.15. The fourth-order valence-electron chi connectivity index (χ4n) is 2.01. The van der Waals surface area contributed by atoms with Crippen molar-refractivity contribution < 1.29 is 4.79 Å². The largest absolute Gasteiger partial charge is 0.345 e. The fourth-order valence-corrected chi connectivity index (χ4v) is 2.51. The van der Waals surface area contributed by atoms with Crippen LogP contribution in [0.2, 0.25) is 0 Å². The number of hydrogen-bond donors (Lipinski definition) is 0. The molecule has 0 aromatic heterocycles. The lowest BCUT2D eigenvalue weighted by Gasteiger charge is -2.34. The quantitative estimate of drug-likeness (QED) is 0.508. The van der Waals surface area contributed by atoms with Crippen LogP contribution in [0.5, 0.6) is 0 Å². The van der Waals surface area contributed by atoms with Gasteiger partial charge in [0.25, 0.3) is 0 Å². The summed E-state index contributed by atoms with van der Waals surface area (Å²) in [6, 6.07) is 0. The van der Waals surface area contributed by atoms with E-state index in [0.29, 0.717) is 23.6 Å². The molecular weight excluding hydrogens is 210 g/mol. The first kappa shape index (κ1) is 12.8. The SMILES string of the molecule is CCCCCC(=O)N(C)CC1CC(Cl)C1. The van der Waals surface area contributed by atoms with Crippen molar-refractivity contribution >= 4 is 17.5 Å². The molecule has 88 valence electrons. The van der Waals surface area contributed by atoms with E-state index < -0.39 is 0 Å². The third kappa shape index (κ3) is 4.42. The van der Waals surface area contributed by atoms with Crippen molar-refractivity contribution in [2.45, 2.75) is 50.8 Å². The number of hydrogen-bond acceptors (Lipinski definition) is 1. The van der Waals surface area contributed by atoms with Crippen LogP contribution in [0.4, 0.5) is 0 Å². The van der Waals surface area contributed by atoms with Crippen molar-refractivity contribution in [3.8, 4) is 0 Å². The van der Waals surface area contributed by atoms with Crippen molar-refractivity contribution in [2.75, 3.05) is 13.6 Å². The highest BCUT2D eigenvalue weighted by Gasteiger charge is 2.28. The third-order valence-electron chi connectivity index (χ3n) is 3.13. The molecule has 15 heavy (non-hydrogen) atoms. The van der Waals surface area contributed by atoms with Crippen LogP contribution in [-0.4, -0.2) is 29.8 Å². The summed E-state index contributed by atoms with van der Waals surface area (Å²) in [5, 5.41) is 0.360. The van der Waals surface area contributed by atoms with Gasteiger partial charge in [-0.3, -0.25) is 4.79 Å². The molecule has 0 bridgehead atoms. The molecule has 0 heterocycles. The van der Waals surface area contributed by atoms with E-state index >= 15 is 0 Å². The number of unbranched alkanes of at least 4 members (excludes halogenated alkanes) is 2. The lowest BCUT2D eigenvalue weighted by atomic mass is 9.84. The lowest BCUT2D eigenvalue weighted by Crippen LogP contribution is -2.37. The van der Waals surface area contributed by atoms with Crippen molar-refractivity contribution in [3.63, 3.8) is 0 Å². The van der Waals surface area contributed by atoms with Crippen LogP contribution in [0.1, 0.15) is 45.4 Å². The topological polar surface area (TPSA) is 20.3 Å². The van der Waals surface area contributed by atoms with E-state index in [9.17, 15) is 4.79 Å². The van der Waals surface area contributed by atoms with Crippen LogP contribution < -0.4 is 0 Å². The fraction of sp³-hybridized carbons (Fsp3) is 0.917. The van der Waals surface area contributed by atoms with Crippen molar-refractivity contribution in [1.82, 2.24) is 4.90 Å². The van der Waals surface area contributed by atoms with Gasteiger partial charge in [0.15, 0.2) is 0 Å². The Balaban J connectivity index is 2.10. The summed E-state index contributed by atoms with van der Waals surface area (Å²) in [6.07, 6.45) is 6.23. The van der Waals surface area contributed by atoms with Crippen LogP contribution in [0.25, 0.3) is 0 Å². The zero-order valence-electron chi connectivity index (χ0n) is 9.84. The number of amides is 1. The molecule has 1 saturated carbocycles. The number of rotatable bonds is 6. The maximum absolute atomic E-state index is 11.7. The van der Waals surface area contributed by atoms with Gasteiger partial charge < -0.3 is 4.90 Å².